The molecule has 9 heavy (non-hydrogen) atoms. The van der Waals surface area contributed by atoms with Crippen LogP contribution in [0.3, 0.4) is 0 Å². The first-order valence-corrected chi connectivity index (χ1v) is 2.73. The molecule has 0 aliphatic heterocycles. The topological polar surface area (TPSA) is 27.7 Å². The van der Waals surface area contributed by atoms with E-state index in [9.17, 15) is 0 Å². The first-order chi connectivity index (χ1) is 4.31. The molecule has 0 fully saturated rings. The SMILES string of the molecule is C=CCOOC(C)OC. The van der Waals surface area contributed by atoms with Crippen molar-refractivity contribution < 1.29 is 14.5 Å². The van der Waals surface area contributed by atoms with Crippen LogP contribution in [0.2, 0.25) is 0 Å². The van der Waals surface area contributed by atoms with Crippen LogP contribution in [0, 0.1) is 0 Å². The molecule has 3 nitrogen and oxygen atoms in total. The highest BCUT2D eigenvalue weighted by molar-refractivity contribution is 4.62. The number of rotatable bonds is 5. The lowest BCUT2D eigenvalue weighted by Crippen LogP contribution is -2.10. The molecule has 1 unspecified atom stereocenters. The smallest absolute Gasteiger partial charge is 0.188 e. The maximum absolute atomic E-state index is 4.72. The summed E-state index contributed by atoms with van der Waals surface area (Å²) < 4.78 is 4.72. The third-order valence-electron chi connectivity index (χ3n) is 0.721. The molecule has 0 bridgehead atoms. The van der Waals surface area contributed by atoms with Gasteiger partial charge in [-0.1, -0.05) is 6.08 Å². The van der Waals surface area contributed by atoms with Gasteiger partial charge in [-0.3, -0.25) is 0 Å². The van der Waals surface area contributed by atoms with Crippen LogP contribution < -0.4 is 0 Å². The van der Waals surface area contributed by atoms with Gasteiger partial charge in [0.2, 0.25) is 0 Å². The highest BCUT2D eigenvalue weighted by Crippen LogP contribution is 1.90. The summed E-state index contributed by atoms with van der Waals surface area (Å²) >= 11 is 0. The molecule has 0 aliphatic carbocycles. The first kappa shape index (κ1) is 8.62. The summed E-state index contributed by atoms with van der Waals surface area (Å²) in [4.78, 5) is 9.23. The average molecular weight is 132 g/mol. The van der Waals surface area contributed by atoms with Gasteiger partial charge in [0.05, 0.1) is 0 Å². The zero-order valence-corrected chi connectivity index (χ0v) is 5.79. The van der Waals surface area contributed by atoms with Crippen LogP contribution in [-0.4, -0.2) is 20.0 Å². The van der Waals surface area contributed by atoms with E-state index in [1.165, 1.54) is 0 Å². The fourth-order valence-electron chi connectivity index (χ4n) is 0.222. The van der Waals surface area contributed by atoms with E-state index >= 15 is 0 Å². The van der Waals surface area contributed by atoms with Crippen molar-refractivity contribution in [3.05, 3.63) is 12.7 Å². The van der Waals surface area contributed by atoms with Crippen molar-refractivity contribution in [1.29, 1.82) is 0 Å². The third kappa shape index (κ3) is 5.49. The summed E-state index contributed by atoms with van der Waals surface area (Å²) in [7, 11) is 1.54. The Morgan fingerprint density at radius 1 is 1.67 bits per heavy atom. The Hall–Kier alpha value is -0.380. The van der Waals surface area contributed by atoms with Gasteiger partial charge in [0, 0.05) is 7.11 Å². The summed E-state index contributed by atoms with van der Waals surface area (Å²) in [5.41, 5.74) is 0. The minimum Gasteiger partial charge on any atom is -0.353 e. The summed E-state index contributed by atoms with van der Waals surface area (Å²) in [5, 5.41) is 0. The molecule has 0 aliphatic rings. The lowest BCUT2D eigenvalue weighted by atomic mass is 10.7. The molecule has 0 saturated heterocycles. The van der Waals surface area contributed by atoms with Crippen molar-refractivity contribution in [3.63, 3.8) is 0 Å². The molecule has 0 aromatic rings. The molecule has 0 radical (unpaired) electrons. The van der Waals surface area contributed by atoms with Crippen molar-refractivity contribution in [2.75, 3.05) is 13.7 Å². The minimum absolute atomic E-state index is 0.315. The van der Waals surface area contributed by atoms with E-state index in [2.05, 4.69) is 16.4 Å². The van der Waals surface area contributed by atoms with Crippen molar-refractivity contribution >= 4 is 0 Å². The van der Waals surface area contributed by atoms with E-state index in [1.54, 1.807) is 20.1 Å². The molecular formula is C6H12O3. The van der Waals surface area contributed by atoms with Gasteiger partial charge in [-0.25, -0.2) is 9.78 Å². The van der Waals surface area contributed by atoms with Gasteiger partial charge in [0.1, 0.15) is 6.61 Å². The number of ether oxygens (including phenoxy) is 1. The van der Waals surface area contributed by atoms with Crippen LogP contribution >= 0.6 is 0 Å². The van der Waals surface area contributed by atoms with Crippen molar-refractivity contribution in [1.82, 2.24) is 0 Å². The van der Waals surface area contributed by atoms with Gasteiger partial charge in [-0.15, -0.1) is 6.58 Å². The second-order valence-corrected chi connectivity index (χ2v) is 1.47. The van der Waals surface area contributed by atoms with Gasteiger partial charge in [0.25, 0.3) is 0 Å². The molecule has 0 aromatic heterocycles. The van der Waals surface area contributed by atoms with Gasteiger partial charge < -0.3 is 4.74 Å². The van der Waals surface area contributed by atoms with E-state index in [4.69, 9.17) is 4.74 Å². The van der Waals surface area contributed by atoms with Crippen molar-refractivity contribution in [2.45, 2.75) is 13.2 Å². The molecule has 0 rings (SSSR count). The van der Waals surface area contributed by atoms with E-state index in [1.807, 2.05) is 0 Å². The summed E-state index contributed by atoms with van der Waals surface area (Å²) in [6.45, 7) is 5.56. The minimum atomic E-state index is -0.315. The van der Waals surface area contributed by atoms with Gasteiger partial charge in [0.15, 0.2) is 6.29 Å². The zero-order valence-electron chi connectivity index (χ0n) is 5.79. The Balaban J connectivity index is 2.96. The van der Waals surface area contributed by atoms with Crippen LogP contribution in [0.1, 0.15) is 6.92 Å². The highest BCUT2D eigenvalue weighted by atomic mass is 17.2. The molecule has 0 saturated carbocycles. The Bertz CT molecular complexity index is 72.7. The summed E-state index contributed by atoms with van der Waals surface area (Å²) in [6.07, 6.45) is 1.28. The Kier molecular flexibility index (Phi) is 5.51. The van der Waals surface area contributed by atoms with E-state index < -0.39 is 0 Å². The van der Waals surface area contributed by atoms with Gasteiger partial charge in [-0.05, 0) is 6.92 Å². The van der Waals surface area contributed by atoms with E-state index in [0.29, 0.717) is 6.61 Å². The van der Waals surface area contributed by atoms with E-state index in [0.717, 1.165) is 0 Å². The van der Waals surface area contributed by atoms with Crippen LogP contribution in [0.25, 0.3) is 0 Å². The molecule has 0 aromatic carbocycles. The molecule has 0 N–H and O–H groups in total. The molecule has 1 atom stereocenters. The highest BCUT2D eigenvalue weighted by Gasteiger charge is 1.96. The first-order valence-electron chi connectivity index (χ1n) is 2.73. The second-order valence-electron chi connectivity index (χ2n) is 1.47. The summed E-state index contributed by atoms with van der Waals surface area (Å²) in [5.74, 6) is 0. The Labute approximate surface area is 55.1 Å². The lowest BCUT2D eigenvalue weighted by Gasteiger charge is -2.07. The van der Waals surface area contributed by atoms with E-state index in [-0.39, 0.29) is 6.29 Å². The van der Waals surface area contributed by atoms with Gasteiger partial charge in [-0.2, -0.15) is 0 Å². The van der Waals surface area contributed by atoms with Crippen LogP contribution in [0.4, 0.5) is 0 Å². The molecule has 0 amide bonds. The molecular weight excluding hydrogens is 120 g/mol. The number of hydrogen-bond donors (Lipinski definition) is 0. The second kappa shape index (κ2) is 5.75. The third-order valence-corrected chi connectivity index (χ3v) is 0.721. The normalized spacial score (nSPS) is 13.1. The largest absolute Gasteiger partial charge is 0.353 e. The molecule has 54 valence electrons. The lowest BCUT2D eigenvalue weighted by molar-refractivity contribution is -0.363. The zero-order chi connectivity index (χ0) is 7.11. The van der Waals surface area contributed by atoms with Crippen LogP contribution in [0.5, 0.6) is 0 Å². The van der Waals surface area contributed by atoms with Crippen LogP contribution in [0.15, 0.2) is 12.7 Å². The fraction of sp³-hybridized carbons (Fsp3) is 0.667. The maximum atomic E-state index is 4.72. The fourth-order valence-corrected chi connectivity index (χ4v) is 0.222. The Morgan fingerprint density at radius 3 is 2.78 bits per heavy atom. The maximum Gasteiger partial charge on any atom is 0.188 e. The predicted molar refractivity (Wildman–Crippen MR) is 33.7 cm³/mol. The molecule has 3 heteroatoms. The predicted octanol–water partition coefficient (Wildman–Crippen LogP) is 1.11. The molecule has 0 spiro atoms. The number of hydrogen-bond acceptors (Lipinski definition) is 3. The van der Waals surface area contributed by atoms with Crippen molar-refractivity contribution in [3.8, 4) is 0 Å². The average Bonchev–Trinajstić information content (AvgIpc) is 1.89. The number of methoxy groups -OCH3 is 1. The summed E-state index contributed by atoms with van der Waals surface area (Å²) in [6, 6.07) is 0. The van der Waals surface area contributed by atoms with Gasteiger partial charge >= 0.3 is 0 Å². The monoisotopic (exact) mass is 132 g/mol. The Morgan fingerprint density at radius 2 is 2.33 bits per heavy atom. The van der Waals surface area contributed by atoms with Crippen LogP contribution in [-0.2, 0) is 14.5 Å². The standard InChI is InChI=1S/C6H12O3/c1-4-5-8-9-6(2)7-3/h4,6H,1,5H2,2-3H3. The molecule has 0 heterocycles. The quantitative estimate of drug-likeness (QED) is 0.184. The van der Waals surface area contributed by atoms with Crippen molar-refractivity contribution in [2.24, 2.45) is 0 Å².